The summed E-state index contributed by atoms with van der Waals surface area (Å²) in [5.74, 6) is -0.244. The first kappa shape index (κ1) is 17.5. The molecule has 0 aliphatic carbocycles. The standard InChI is InChI=1S/C17H18ClNO3S/c1-19(11-13-5-4-8-16(18)10-13)17(20)15-7-3-6-14(9-15)12-23(2,21)22/h3-10H,11-12H2,1-2H3. The Morgan fingerprint density at radius 2 is 1.74 bits per heavy atom. The van der Waals surface area contributed by atoms with Crippen LogP contribution in [0.15, 0.2) is 48.5 Å². The average molecular weight is 352 g/mol. The van der Waals surface area contributed by atoms with Crippen LogP contribution in [0.4, 0.5) is 0 Å². The first-order valence-corrected chi connectivity index (χ1v) is 9.45. The number of nitrogens with zero attached hydrogens (tertiary/aromatic N) is 1. The van der Waals surface area contributed by atoms with E-state index in [1.54, 1.807) is 42.3 Å². The highest BCUT2D eigenvalue weighted by molar-refractivity contribution is 7.89. The van der Waals surface area contributed by atoms with Gasteiger partial charge in [0.2, 0.25) is 0 Å². The van der Waals surface area contributed by atoms with Crippen LogP contribution >= 0.6 is 11.6 Å². The van der Waals surface area contributed by atoms with Crippen molar-refractivity contribution in [1.82, 2.24) is 4.90 Å². The van der Waals surface area contributed by atoms with Gasteiger partial charge in [0.25, 0.3) is 5.91 Å². The van der Waals surface area contributed by atoms with E-state index in [4.69, 9.17) is 11.6 Å². The van der Waals surface area contributed by atoms with E-state index in [9.17, 15) is 13.2 Å². The maximum absolute atomic E-state index is 12.5. The largest absolute Gasteiger partial charge is 0.337 e. The monoisotopic (exact) mass is 351 g/mol. The third kappa shape index (κ3) is 5.37. The lowest BCUT2D eigenvalue weighted by atomic mass is 10.1. The van der Waals surface area contributed by atoms with Crippen LogP contribution in [0, 0.1) is 0 Å². The van der Waals surface area contributed by atoms with E-state index < -0.39 is 9.84 Å². The van der Waals surface area contributed by atoms with Crippen molar-refractivity contribution >= 4 is 27.3 Å². The lowest BCUT2D eigenvalue weighted by molar-refractivity contribution is 0.0785. The topological polar surface area (TPSA) is 54.5 Å². The van der Waals surface area contributed by atoms with E-state index in [1.807, 2.05) is 18.2 Å². The number of carbonyl (C=O) groups is 1. The smallest absolute Gasteiger partial charge is 0.253 e. The minimum absolute atomic E-state index is 0.0773. The molecular weight excluding hydrogens is 334 g/mol. The molecule has 0 saturated carbocycles. The molecule has 2 aromatic carbocycles. The number of halogens is 1. The summed E-state index contributed by atoms with van der Waals surface area (Å²) in [5, 5.41) is 0.624. The van der Waals surface area contributed by atoms with Crippen LogP contribution in [-0.2, 0) is 22.1 Å². The average Bonchev–Trinajstić information content (AvgIpc) is 2.45. The number of hydrogen-bond acceptors (Lipinski definition) is 3. The third-order valence-corrected chi connectivity index (χ3v) is 4.35. The number of hydrogen-bond donors (Lipinski definition) is 0. The van der Waals surface area contributed by atoms with Crippen molar-refractivity contribution in [2.45, 2.75) is 12.3 Å². The van der Waals surface area contributed by atoms with Gasteiger partial charge >= 0.3 is 0 Å². The second-order valence-electron chi connectivity index (χ2n) is 5.56. The molecule has 23 heavy (non-hydrogen) atoms. The summed E-state index contributed by atoms with van der Waals surface area (Å²) in [7, 11) is -1.43. The Labute approximate surface area is 141 Å². The van der Waals surface area contributed by atoms with Crippen LogP contribution in [-0.4, -0.2) is 32.5 Å². The van der Waals surface area contributed by atoms with Gasteiger partial charge in [-0.2, -0.15) is 0 Å². The first-order chi connectivity index (χ1) is 10.7. The van der Waals surface area contributed by atoms with Crippen molar-refractivity contribution in [3.63, 3.8) is 0 Å². The van der Waals surface area contributed by atoms with Crippen molar-refractivity contribution in [3.8, 4) is 0 Å². The van der Waals surface area contributed by atoms with Gasteiger partial charge in [-0.25, -0.2) is 8.42 Å². The fourth-order valence-corrected chi connectivity index (χ4v) is 3.30. The maximum atomic E-state index is 12.5. The molecule has 122 valence electrons. The fraction of sp³-hybridized carbons (Fsp3) is 0.235. The maximum Gasteiger partial charge on any atom is 0.253 e. The Bertz CT molecular complexity index is 818. The summed E-state index contributed by atoms with van der Waals surface area (Å²) >= 11 is 5.95. The number of benzene rings is 2. The van der Waals surface area contributed by atoms with Gasteiger partial charge in [-0.3, -0.25) is 4.79 Å². The van der Waals surface area contributed by atoms with Gasteiger partial charge in [-0.05, 0) is 35.4 Å². The van der Waals surface area contributed by atoms with Crippen LogP contribution in [0.3, 0.4) is 0 Å². The Kier molecular flexibility index (Phi) is 5.44. The van der Waals surface area contributed by atoms with Gasteiger partial charge in [-0.1, -0.05) is 35.9 Å². The second kappa shape index (κ2) is 7.15. The summed E-state index contributed by atoms with van der Waals surface area (Å²) in [4.78, 5) is 14.1. The minimum atomic E-state index is -3.13. The van der Waals surface area contributed by atoms with E-state index in [0.717, 1.165) is 5.56 Å². The molecule has 0 N–H and O–H groups in total. The SMILES string of the molecule is CN(Cc1cccc(Cl)c1)C(=O)c1cccc(CS(C)(=O)=O)c1. The molecule has 0 atom stereocenters. The summed E-state index contributed by atoms with van der Waals surface area (Å²) in [5.41, 5.74) is 2.01. The van der Waals surface area contributed by atoms with Gasteiger partial charge in [0.15, 0.2) is 9.84 Å². The summed E-state index contributed by atoms with van der Waals surface area (Å²) in [6, 6.07) is 14.0. The van der Waals surface area contributed by atoms with Gasteiger partial charge in [0.05, 0.1) is 5.75 Å². The Balaban J connectivity index is 2.14. The molecule has 0 aliphatic heterocycles. The summed E-state index contributed by atoms with van der Waals surface area (Å²) in [6.07, 6.45) is 1.17. The van der Waals surface area contributed by atoms with Crippen LogP contribution < -0.4 is 0 Å². The number of rotatable bonds is 5. The number of carbonyl (C=O) groups excluding carboxylic acids is 1. The molecule has 0 radical (unpaired) electrons. The van der Waals surface area contributed by atoms with Gasteiger partial charge in [0, 0.05) is 30.4 Å². The molecule has 0 saturated heterocycles. The highest BCUT2D eigenvalue weighted by atomic mass is 35.5. The van der Waals surface area contributed by atoms with E-state index in [0.29, 0.717) is 22.7 Å². The van der Waals surface area contributed by atoms with Gasteiger partial charge in [0.1, 0.15) is 0 Å². The summed E-state index contributed by atoms with van der Waals surface area (Å²) in [6.45, 7) is 0.426. The second-order valence-corrected chi connectivity index (χ2v) is 8.14. The lowest BCUT2D eigenvalue weighted by Gasteiger charge is -2.18. The van der Waals surface area contributed by atoms with Crippen molar-refractivity contribution in [2.75, 3.05) is 13.3 Å². The van der Waals surface area contributed by atoms with E-state index in [2.05, 4.69) is 0 Å². The highest BCUT2D eigenvalue weighted by Crippen LogP contribution is 2.15. The molecule has 0 unspecified atom stereocenters. The van der Waals surface area contributed by atoms with Crippen molar-refractivity contribution in [1.29, 1.82) is 0 Å². The Morgan fingerprint density at radius 1 is 1.09 bits per heavy atom. The molecule has 2 aromatic rings. The van der Waals surface area contributed by atoms with E-state index in [-0.39, 0.29) is 11.7 Å². The number of amides is 1. The van der Waals surface area contributed by atoms with Crippen LogP contribution in [0.5, 0.6) is 0 Å². The Morgan fingerprint density at radius 3 is 2.39 bits per heavy atom. The molecule has 0 heterocycles. The van der Waals surface area contributed by atoms with Crippen LogP contribution in [0.1, 0.15) is 21.5 Å². The molecule has 2 rings (SSSR count). The van der Waals surface area contributed by atoms with Crippen molar-refractivity contribution < 1.29 is 13.2 Å². The molecule has 0 fully saturated rings. The lowest BCUT2D eigenvalue weighted by Crippen LogP contribution is -2.26. The predicted molar refractivity (Wildman–Crippen MR) is 92.2 cm³/mol. The minimum Gasteiger partial charge on any atom is -0.337 e. The third-order valence-electron chi connectivity index (χ3n) is 3.26. The molecule has 0 spiro atoms. The van der Waals surface area contributed by atoms with E-state index in [1.165, 1.54) is 6.26 Å². The molecule has 6 heteroatoms. The molecular formula is C17H18ClNO3S. The molecule has 0 aromatic heterocycles. The molecule has 0 bridgehead atoms. The molecule has 4 nitrogen and oxygen atoms in total. The Hall–Kier alpha value is -1.85. The zero-order valence-corrected chi connectivity index (χ0v) is 14.6. The van der Waals surface area contributed by atoms with Crippen LogP contribution in [0.25, 0.3) is 0 Å². The van der Waals surface area contributed by atoms with Crippen molar-refractivity contribution in [2.24, 2.45) is 0 Å². The number of sulfone groups is 1. The predicted octanol–water partition coefficient (Wildman–Crippen LogP) is 3.16. The quantitative estimate of drug-likeness (QED) is 0.831. The van der Waals surface area contributed by atoms with Gasteiger partial charge < -0.3 is 4.90 Å². The zero-order chi connectivity index (χ0) is 17.0. The molecule has 0 aliphatic rings. The normalized spacial score (nSPS) is 11.3. The van der Waals surface area contributed by atoms with Gasteiger partial charge in [-0.15, -0.1) is 0 Å². The first-order valence-electron chi connectivity index (χ1n) is 7.01. The van der Waals surface area contributed by atoms with E-state index >= 15 is 0 Å². The summed E-state index contributed by atoms with van der Waals surface area (Å²) < 4.78 is 22.8. The van der Waals surface area contributed by atoms with Crippen LogP contribution in [0.2, 0.25) is 5.02 Å². The fourth-order valence-electron chi connectivity index (χ4n) is 2.30. The highest BCUT2D eigenvalue weighted by Gasteiger charge is 2.14. The zero-order valence-electron chi connectivity index (χ0n) is 13.0. The molecule has 1 amide bonds. The van der Waals surface area contributed by atoms with Crippen molar-refractivity contribution in [3.05, 3.63) is 70.2 Å².